The summed E-state index contributed by atoms with van der Waals surface area (Å²) in [5.74, 6) is 1.97. The third-order valence-electron chi connectivity index (χ3n) is 7.01. The maximum atomic E-state index is 2.43. The van der Waals surface area contributed by atoms with Crippen LogP contribution in [0.15, 0.2) is 36.7 Å². The monoisotopic (exact) mass is 439 g/mol. The third kappa shape index (κ3) is 10.4. The first-order valence-corrected chi connectivity index (χ1v) is 13.8. The van der Waals surface area contributed by atoms with Crippen molar-refractivity contribution in [2.75, 3.05) is 0 Å². The van der Waals surface area contributed by atoms with Crippen molar-refractivity contribution < 1.29 is 4.57 Å². The molecule has 0 aliphatic rings. The van der Waals surface area contributed by atoms with Gasteiger partial charge in [-0.2, -0.15) is 0 Å². The summed E-state index contributed by atoms with van der Waals surface area (Å²) in [4.78, 5) is 0. The van der Waals surface area contributed by atoms with Gasteiger partial charge in [-0.3, -0.25) is 0 Å². The number of hydrogen-bond acceptors (Lipinski definition) is 0. The zero-order valence-corrected chi connectivity index (χ0v) is 21.7. The molecule has 1 heterocycles. The summed E-state index contributed by atoms with van der Waals surface area (Å²) in [6.45, 7) is 11.2. The van der Waals surface area contributed by atoms with Crippen molar-refractivity contribution in [2.45, 2.75) is 137 Å². The predicted octanol–water partition coefficient (Wildman–Crippen LogP) is 8.74. The Balaban J connectivity index is 1.52. The minimum atomic E-state index is 0.602. The molecule has 0 aliphatic heterocycles. The van der Waals surface area contributed by atoms with Gasteiger partial charge in [0.2, 0.25) is 0 Å². The third-order valence-corrected chi connectivity index (χ3v) is 7.01. The average molecular weight is 440 g/mol. The lowest BCUT2D eigenvalue weighted by atomic mass is 10.0. The highest BCUT2D eigenvalue weighted by Gasteiger charge is 2.12. The highest BCUT2D eigenvalue weighted by molar-refractivity contribution is 5.24. The molecular formula is C30H51N2+. The second-order valence-electron chi connectivity index (χ2n) is 10.2. The van der Waals surface area contributed by atoms with E-state index >= 15 is 0 Å². The van der Waals surface area contributed by atoms with Crippen LogP contribution < -0.4 is 4.57 Å². The highest BCUT2D eigenvalue weighted by atomic mass is 15.1. The zero-order valence-electron chi connectivity index (χ0n) is 21.7. The molecule has 32 heavy (non-hydrogen) atoms. The van der Waals surface area contributed by atoms with Crippen molar-refractivity contribution in [1.82, 2.24) is 4.57 Å². The van der Waals surface area contributed by atoms with Crippen molar-refractivity contribution in [3.8, 4) is 0 Å². The van der Waals surface area contributed by atoms with Crippen LogP contribution >= 0.6 is 0 Å². The van der Waals surface area contributed by atoms with Gasteiger partial charge < -0.3 is 0 Å². The molecule has 2 nitrogen and oxygen atoms in total. The number of benzene rings is 1. The van der Waals surface area contributed by atoms with Crippen molar-refractivity contribution in [1.29, 1.82) is 0 Å². The molecule has 0 unspecified atom stereocenters. The molecule has 0 spiro atoms. The molecule has 2 rings (SSSR count). The van der Waals surface area contributed by atoms with E-state index in [1.54, 1.807) is 0 Å². The molecule has 0 saturated heterocycles. The van der Waals surface area contributed by atoms with E-state index in [1.165, 1.54) is 107 Å². The van der Waals surface area contributed by atoms with Gasteiger partial charge in [0.25, 0.3) is 5.82 Å². The molecule has 0 amide bonds. The molecule has 2 heteroatoms. The van der Waals surface area contributed by atoms with Crippen LogP contribution in [-0.2, 0) is 13.1 Å². The van der Waals surface area contributed by atoms with Gasteiger partial charge in [0.1, 0.15) is 18.9 Å². The van der Waals surface area contributed by atoms with Crippen molar-refractivity contribution in [3.05, 3.63) is 53.6 Å². The molecule has 0 bridgehead atoms. The summed E-state index contributed by atoms with van der Waals surface area (Å²) >= 11 is 0. The SMILES string of the molecule is CCCCCCCCCCCCCCCCn1cc[n+](Cc2ccc(C(C)C)cc2)c1C. The Morgan fingerprint density at radius 3 is 1.72 bits per heavy atom. The lowest BCUT2D eigenvalue weighted by molar-refractivity contribution is -0.694. The van der Waals surface area contributed by atoms with E-state index in [4.69, 9.17) is 0 Å². The van der Waals surface area contributed by atoms with Crippen molar-refractivity contribution in [3.63, 3.8) is 0 Å². The van der Waals surface area contributed by atoms with Gasteiger partial charge in [-0.05, 0) is 29.9 Å². The second-order valence-corrected chi connectivity index (χ2v) is 10.2. The number of unbranched alkanes of at least 4 members (excludes halogenated alkanes) is 13. The Morgan fingerprint density at radius 2 is 1.22 bits per heavy atom. The van der Waals surface area contributed by atoms with Gasteiger partial charge in [0.15, 0.2) is 0 Å². The number of aromatic nitrogens is 2. The van der Waals surface area contributed by atoms with Crippen LogP contribution in [0.1, 0.15) is 134 Å². The zero-order chi connectivity index (χ0) is 23.0. The molecule has 1 aromatic carbocycles. The number of rotatable bonds is 18. The smallest absolute Gasteiger partial charge is 0.234 e. The van der Waals surface area contributed by atoms with E-state index in [-0.39, 0.29) is 0 Å². The van der Waals surface area contributed by atoms with Crippen LogP contribution in [0.5, 0.6) is 0 Å². The van der Waals surface area contributed by atoms with E-state index in [0.29, 0.717) is 5.92 Å². The minimum absolute atomic E-state index is 0.602. The molecule has 2 aromatic rings. The maximum Gasteiger partial charge on any atom is 0.253 e. The molecule has 0 fully saturated rings. The number of nitrogens with zero attached hydrogens (tertiary/aromatic N) is 2. The summed E-state index contributed by atoms with van der Waals surface area (Å²) in [6.07, 6.45) is 24.4. The van der Waals surface area contributed by atoms with E-state index < -0.39 is 0 Å². The topological polar surface area (TPSA) is 8.81 Å². The lowest BCUT2D eigenvalue weighted by Gasteiger charge is -2.06. The molecule has 0 radical (unpaired) electrons. The molecule has 180 valence electrons. The van der Waals surface area contributed by atoms with Crippen LogP contribution in [0.4, 0.5) is 0 Å². The standard InChI is InChI=1S/C30H51N2/c1-5-6-7-8-9-10-11-12-13-14-15-16-17-18-23-31-24-25-32(28(31)4)26-29-19-21-30(22-20-29)27(2)3/h19-22,24-25,27H,5-18,23,26H2,1-4H3/q+1. The molecule has 0 aliphatic carbocycles. The average Bonchev–Trinajstić information content (AvgIpc) is 3.13. The summed E-state index contributed by atoms with van der Waals surface area (Å²) in [5, 5.41) is 0. The summed E-state index contributed by atoms with van der Waals surface area (Å²) < 4.78 is 4.82. The van der Waals surface area contributed by atoms with Gasteiger partial charge in [-0.25, -0.2) is 9.13 Å². The number of imidazole rings is 1. The van der Waals surface area contributed by atoms with Crippen LogP contribution in [-0.4, -0.2) is 4.57 Å². The fraction of sp³-hybridized carbons (Fsp3) is 0.700. The summed E-state index contributed by atoms with van der Waals surface area (Å²) in [7, 11) is 0. The maximum absolute atomic E-state index is 2.43. The molecule has 0 N–H and O–H groups in total. The van der Waals surface area contributed by atoms with Gasteiger partial charge in [-0.15, -0.1) is 0 Å². The Morgan fingerprint density at radius 1 is 0.719 bits per heavy atom. The lowest BCUT2D eigenvalue weighted by Crippen LogP contribution is -2.36. The second kappa shape index (κ2) is 16.1. The Kier molecular flexibility index (Phi) is 13.4. The van der Waals surface area contributed by atoms with Crippen molar-refractivity contribution >= 4 is 0 Å². The van der Waals surface area contributed by atoms with Gasteiger partial charge in [0.05, 0.1) is 6.54 Å². The quantitative estimate of drug-likeness (QED) is 0.162. The van der Waals surface area contributed by atoms with Gasteiger partial charge in [0, 0.05) is 6.92 Å². The largest absolute Gasteiger partial charge is 0.253 e. The van der Waals surface area contributed by atoms with Crippen LogP contribution in [0.2, 0.25) is 0 Å². The fourth-order valence-corrected chi connectivity index (χ4v) is 4.63. The van der Waals surface area contributed by atoms with E-state index in [2.05, 4.69) is 73.5 Å². The first-order chi connectivity index (χ1) is 15.6. The highest BCUT2D eigenvalue weighted by Crippen LogP contribution is 2.15. The number of hydrogen-bond donors (Lipinski definition) is 0. The first-order valence-electron chi connectivity index (χ1n) is 13.8. The van der Waals surface area contributed by atoms with Crippen molar-refractivity contribution in [2.24, 2.45) is 0 Å². The van der Waals surface area contributed by atoms with Crippen LogP contribution in [0, 0.1) is 6.92 Å². The van der Waals surface area contributed by atoms with Gasteiger partial charge in [-0.1, -0.05) is 122 Å². The predicted molar refractivity (Wildman–Crippen MR) is 139 cm³/mol. The Hall–Kier alpha value is -1.57. The first kappa shape index (κ1) is 26.7. The molecule has 1 aromatic heterocycles. The normalized spacial score (nSPS) is 11.5. The molecular weight excluding hydrogens is 388 g/mol. The Labute approximate surface area is 199 Å². The Bertz CT molecular complexity index is 711. The summed E-state index contributed by atoms with van der Waals surface area (Å²) in [6, 6.07) is 9.13. The van der Waals surface area contributed by atoms with E-state index in [1.807, 2.05) is 0 Å². The van der Waals surface area contributed by atoms with Crippen LogP contribution in [0.3, 0.4) is 0 Å². The number of aryl methyl sites for hydroxylation is 1. The van der Waals surface area contributed by atoms with Gasteiger partial charge >= 0.3 is 0 Å². The summed E-state index contributed by atoms with van der Waals surface area (Å²) in [5.41, 5.74) is 2.81. The molecule has 0 saturated carbocycles. The minimum Gasteiger partial charge on any atom is -0.234 e. The van der Waals surface area contributed by atoms with Crippen LogP contribution in [0.25, 0.3) is 0 Å². The molecule has 0 atom stereocenters. The van der Waals surface area contributed by atoms with E-state index in [0.717, 1.165) is 13.1 Å². The fourth-order valence-electron chi connectivity index (χ4n) is 4.63. The van der Waals surface area contributed by atoms with E-state index in [9.17, 15) is 0 Å².